The van der Waals surface area contributed by atoms with E-state index in [0.29, 0.717) is 5.75 Å². The molecule has 0 aromatic heterocycles. The Kier molecular flexibility index (Phi) is 6.65. The summed E-state index contributed by atoms with van der Waals surface area (Å²) < 4.78 is 0. The highest BCUT2D eigenvalue weighted by Gasteiger charge is 2.40. The molecule has 110 valence electrons. The normalized spacial score (nSPS) is 24.5. The maximum atomic E-state index is 12.3. The van der Waals surface area contributed by atoms with E-state index in [1.807, 2.05) is 13.8 Å². The van der Waals surface area contributed by atoms with Crippen LogP contribution in [0.5, 0.6) is 0 Å². The predicted octanol–water partition coefficient (Wildman–Crippen LogP) is 1.53. The van der Waals surface area contributed by atoms with E-state index in [-0.39, 0.29) is 23.9 Å². The number of nitrogens with one attached hydrogen (secondary N) is 1. The molecule has 0 spiro atoms. The summed E-state index contributed by atoms with van der Waals surface area (Å²) in [6, 6.07) is -0.403. The zero-order valence-corrected chi connectivity index (χ0v) is 12.7. The van der Waals surface area contributed by atoms with Crippen molar-refractivity contribution in [1.82, 2.24) is 10.2 Å². The molecule has 3 atom stereocenters. The Hall–Kier alpha value is -0.750. The van der Waals surface area contributed by atoms with Crippen molar-refractivity contribution in [1.29, 1.82) is 0 Å². The van der Waals surface area contributed by atoms with Crippen LogP contribution in [0.25, 0.3) is 0 Å². The first-order valence-electron chi connectivity index (χ1n) is 6.90. The molecule has 0 aromatic rings. The minimum atomic E-state index is -0.900. The van der Waals surface area contributed by atoms with Gasteiger partial charge in [0.05, 0.1) is 11.9 Å². The topological polar surface area (TPSA) is 69.6 Å². The zero-order valence-electron chi connectivity index (χ0n) is 11.9. The summed E-state index contributed by atoms with van der Waals surface area (Å²) in [5.74, 6) is -0.506. The molecule has 6 heteroatoms. The third-order valence-electron chi connectivity index (χ3n) is 3.42. The average Bonchev–Trinajstić information content (AvgIpc) is 2.80. The van der Waals surface area contributed by atoms with E-state index in [0.717, 1.165) is 19.3 Å². The number of hydrogen-bond donors (Lipinski definition) is 2. The minimum Gasteiger partial charge on any atom is -0.480 e. The van der Waals surface area contributed by atoms with Gasteiger partial charge in [-0.15, -0.1) is 11.8 Å². The fourth-order valence-electron chi connectivity index (χ4n) is 2.05. The van der Waals surface area contributed by atoms with Gasteiger partial charge >= 0.3 is 5.97 Å². The molecular formula is C13H24N2O3S. The van der Waals surface area contributed by atoms with Gasteiger partial charge in [-0.2, -0.15) is 0 Å². The summed E-state index contributed by atoms with van der Waals surface area (Å²) in [6.07, 6.45) is 2.75. The van der Waals surface area contributed by atoms with Crippen molar-refractivity contribution in [2.75, 3.05) is 12.3 Å². The molecule has 3 unspecified atom stereocenters. The quantitative estimate of drug-likeness (QED) is 0.743. The number of thioether (sulfide) groups is 1. The highest BCUT2D eigenvalue weighted by atomic mass is 32.2. The zero-order chi connectivity index (χ0) is 14.4. The molecule has 5 nitrogen and oxygen atoms in total. The van der Waals surface area contributed by atoms with Crippen molar-refractivity contribution in [2.24, 2.45) is 0 Å². The lowest BCUT2D eigenvalue weighted by molar-refractivity contribution is -0.148. The van der Waals surface area contributed by atoms with Crippen LogP contribution >= 0.6 is 11.8 Å². The number of nitrogens with zero attached hydrogens (tertiary/aromatic N) is 1. The van der Waals surface area contributed by atoms with Gasteiger partial charge < -0.3 is 15.3 Å². The van der Waals surface area contributed by atoms with E-state index in [9.17, 15) is 14.7 Å². The fraction of sp³-hybridized carbons (Fsp3) is 0.846. The maximum Gasteiger partial charge on any atom is 0.327 e. The second-order valence-electron chi connectivity index (χ2n) is 4.92. The molecule has 1 aliphatic rings. The van der Waals surface area contributed by atoms with E-state index in [1.165, 1.54) is 0 Å². The van der Waals surface area contributed by atoms with Crippen molar-refractivity contribution in [3.8, 4) is 0 Å². The molecule has 1 heterocycles. The smallest absolute Gasteiger partial charge is 0.327 e. The van der Waals surface area contributed by atoms with Crippen LogP contribution in [0.3, 0.4) is 0 Å². The largest absolute Gasteiger partial charge is 0.480 e. The maximum absolute atomic E-state index is 12.3. The number of carbonyl (C=O) groups is 2. The van der Waals surface area contributed by atoms with Gasteiger partial charge in [-0.3, -0.25) is 4.79 Å². The van der Waals surface area contributed by atoms with E-state index >= 15 is 0 Å². The summed E-state index contributed by atoms with van der Waals surface area (Å²) >= 11 is 1.58. The molecule has 0 bridgehead atoms. The van der Waals surface area contributed by atoms with Gasteiger partial charge in [0.25, 0.3) is 0 Å². The Labute approximate surface area is 119 Å². The van der Waals surface area contributed by atoms with Crippen LogP contribution in [-0.2, 0) is 9.59 Å². The van der Waals surface area contributed by atoms with Gasteiger partial charge in [-0.1, -0.05) is 20.3 Å². The first kappa shape index (κ1) is 16.3. The summed E-state index contributed by atoms with van der Waals surface area (Å²) in [5, 5.41) is 12.4. The Bertz CT molecular complexity index is 325. The monoisotopic (exact) mass is 288 g/mol. The third-order valence-corrected chi connectivity index (χ3v) is 4.77. The number of hydrogen-bond acceptors (Lipinski definition) is 4. The molecule has 0 saturated carbocycles. The summed E-state index contributed by atoms with van der Waals surface area (Å²) in [7, 11) is 0. The van der Waals surface area contributed by atoms with Crippen LogP contribution in [0.4, 0.5) is 0 Å². The molecule has 19 heavy (non-hydrogen) atoms. The highest BCUT2D eigenvalue weighted by molar-refractivity contribution is 8.00. The van der Waals surface area contributed by atoms with Crippen molar-refractivity contribution in [2.45, 2.75) is 57.5 Å². The molecular weight excluding hydrogens is 264 g/mol. The van der Waals surface area contributed by atoms with Gasteiger partial charge in [-0.05, 0) is 19.8 Å². The molecule has 1 fully saturated rings. The lowest BCUT2D eigenvalue weighted by Gasteiger charge is -2.28. The van der Waals surface area contributed by atoms with Crippen LogP contribution in [-0.4, -0.2) is 51.6 Å². The van der Waals surface area contributed by atoms with Crippen molar-refractivity contribution in [3.05, 3.63) is 0 Å². The first-order chi connectivity index (χ1) is 9.01. The van der Waals surface area contributed by atoms with Gasteiger partial charge in [-0.25, -0.2) is 4.79 Å². The van der Waals surface area contributed by atoms with E-state index < -0.39 is 12.0 Å². The number of amides is 1. The Morgan fingerprint density at radius 3 is 2.68 bits per heavy atom. The van der Waals surface area contributed by atoms with Gasteiger partial charge in [0.1, 0.15) is 6.04 Å². The second kappa shape index (κ2) is 7.75. The van der Waals surface area contributed by atoms with Crippen molar-refractivity contribution >= 4 is 23.6 Å². The summed E-state index contributed by atoms with van der Waals surface area (Å²) in [6.45, 7) is 6.34. The fourth-order valence-corrected chi connectivity index (χ4v) is 3.59. The van der Waals surface area contributed by atoms with Crippen molar-refractivity contribution < 1.29 is 14.7 Å². The third kappa shape index (κ3) is 4.38. The van der Waals surface area contributed by atoms with Crippen LogP contribution in [0.15, 0.2) is 0 Å². The summed E-state index contributed by atoms with van der Waals surface area (Å²) in [5.41, 5.74) is 0. The highest BCUT2D eigenvalue weighted by Crippen LogP contribution is 2.32. The number of carbonyl (C=O) groups excluding carboxylic acids is 1. The van der Waals surface area contributed by atoms with Crippen LogP contribution in [0, 0.1) is 0 Å². The van der Waals surface area contributed by atoms with Crippen LogP contribution in [0.2, 0.25) is 0 Å². The number of carboxylic acid groups (broad SMARTS) is 1. The molecule has 0 aliphatic carbocycles. The molecule has 1 aliphatic heterocycles. The minimum absolute atomic E-state index is 0.0114. The Morgan fingerprint density at radius 1 is 1.47 bits per heavy atom. The molecule has 0 aromatic carbocycles. The molecule has 1 saturated heterocycles. The first-order valence-corrected chi connectivity index (χ1v) is 7.95. The van der Waals surface area contributed by atoms with Crippen molar-refractivity contribution in [3.63, 3.8) is 0 Å². The lowest BCUT2D eigenvalue weighted by atomic mass is 10.2. The second-order valence-corrected chi connectivity index (χ2v) is 6.13. The Morgan fingerprint density at radius 2 is 2.16 bits per heavy atom. The number of carboxylic acids is 1. The van der Waals surface area contributed by atoms with Gasteiger partial charge in [0.15, 0.2) is 0 Å². The van der Waals surface area contributed by atoms with E-state index in [4.69, 9.17) is 0 Å². The molecule has 0 radical (unpaired) electrons. The Balaban J connectivity index is 2.66. The van der Waals surface area contributed by atoms with Crippen LogP contribution < -0.4 is 5.32 Å². The standard InChI is InChI=1S/C13H24N2O3S/c1-4-6-12-15(10(8-19-12)13(17)18)11(16)7-14-9(3)5-2/h9-10,12,14H,4-8H2,1-3H3,(H,17,18). The molecule has 1 rings (SSSR count). The molecule has 2 N–H and O–H groups in total. The SMILES string of the molecule is CCCC1SCC(C(=O)O)N1C(=O)CNC(C)CC. The number of aliphatic carboxylic acids is 1. The van der Waals surface area contributed by atoms with E-state index in [1.54, 1.807) is 16.7 Å². The molecule has 1 amide bonds. The predicted molar refractivity (Wildman–Crippen MR) is 77.2 cm³/mol. The average molecular weight is 288 g/mol. The van der Waals surface area contributed by atoms with Gasteiger partial charge in [0.2, 0.25) is 5.91 Å². The lowest BCUT2D eigenvalue weighted by Crippen LogP contribution is -2.49. The van der Waals surface area contributed by atoms with Gasteiger partial charge in [0, 0.05) is 11.8 Å². The summed E-state index contributed by atoms with van der Waals surface area (Å²) in [4.78, 5) is 25.0. The number of rotatable bonds is 7. The van der Waals surface area contributed by atoms with Crippen LogP contribution in [0.1, 0.15) is 40.0 Å². The van der Waals surface area contributed by atoms with E-state index in [2.05, 4.69) is 12.2 Å².